The molecule has 4 nitrogen and oxygen atoms in total. The fraction of sp³-hybridized carbons (Fsp3) is 0.286. The molecule has 0 bridgehead atoms. The lowest BCUT2D eigenvalue weighted by molar-refractivity contribution is -0.0921. The summed E-state index contributed by atoms with van der Waals surface area (Å²) >= 11 is 0. The first-order valence-electron chi connectivity index (χ1n) is 8.43. The van der Waals surface area contributed by atoms with Crippen LogP contribution in [0.15, 0.2) is 63.8 Å². The Morgan fingerprint density at radius 1 is 1.12 bits per heavy atom. The Morgan fingerprint density at radius 3 is 2.72 bits per heavy atom. The largest absolute Gasteiger partial charge is 0.487 e. The van der Waals surface area contributed by atoms with E-state index < -0.39 is 5.60 Å². The Hall–Kier alpha value is -2.59. The van der Waals surface area contributed by atoms with E-state index in [0.29, 0.717) is 12.2 Å². The van der Waals surface area contributed by atoms with Crippen molar-refractivity contribution in [3.05, 3.63) is 76.1 Å². The lowest BCUT2D eigenvalue weighted by Crippen LogP contribution is -2.42. The van der Waals surface area contributed by atoms with Crippen LogP contribution in [0.2, 0.25) is 0 Å². The fourth-order valence-electron chi connectivity index (χ4n) is 3.13. The summed E-state index contributed by atoms with van der Waals surface area (Å²) in [6, 6.07) is 17.2. The molecule has 25 heavy (non-hydrogen) atoms. The second kappa shape index (κ2) is 6.05. The Balaban J connectivity index is 1.53. The number of fused-ring (bicyclic) bond motifs is 2. The lowest BCUT2D eigenvalue weighted by Gasteiger charge is -2.31. The maximum atomic E-state index is 11.4. The summed E-state index contributed by atoms with van der Waals surface area (Å²) in [6.45, 7) is 4.64. The monoisotopic (exact) mass is 336 g/mol. The van der Waals surface area contributed by atoms with Crippen LogP contribution in [0.25, 0.3) is 11.0 Å². The highest BCUT2D eigenvalue weighted by molar-refractivity contribution is 5.79. The molecule has 4 rings (SSSR count). The van der Waals surface area contributed by atoms with E-state index >= 15 is 0 Å². The van der Waals surface area contributed by atoms with E-state index in [1.807, 2.05) is 38.1 Å². The van der Waals surface area contributed by atoms with Gasteiger partial charge in [0, 0.05) is 23.9 Å². The van der Waals surface area contributed by atoms with Crippen LogP contribution in [0.4, 0.5) is 0 Å². The zero-order valence-electron chi connectivity index (χ0n) is 14.3. The molecular weight excluding hydrogens is 316 g/mol. The van der Waals surface area contributed by atoms with Crippen LogP contribution in [0, 0.1) is 0 Å². The molecule has 0 fully saturated rings. The average Bonchev–Trinajstić information content (AvgIpc) is 3.03. The molecule has 4 heteroatoms. The summed E-state index contributed by atoms with van der Waals surface area (Å²) < 4.78 is 17.5. The Kier molecular flexibility index (Phi) is 3.85. The summed E-state index contributed by atoms with van der Waals surface area (Å²) in [4.78, 5) is 11.4. The Morgan fingerprint density at radius 2 is 1.92 bits per heavy atom. The van der Waals surface area contributed by atoms with Crippen molar-refractivity contribution in [1.82, 2.24) is 0 Å². The maximum Gasteiger partial charge on any atom is 0.336 e. The van der Waals surface area contributed by atoms with Crippen molar-refractivity contribution in [2.75, 3.05) is 0 Å². The van der Waals surface area contributed by atoms with Gasteiger partial charge in [0.25, 0.3) is 0 Å². The summed E-state index contributed by atoms with van der Waals surface area (Å²) in [5, 5.41) is 0.908. The van der Waals surface area contributed by atoms with Crippen LogP contribution in [0.3, 0.4) is 0 Å². The van der Waals surface area contributed by atoms with Crippen molar-refractivity contribution in [3.63, 3.8) is 0 Å². The first-order valence-corrected chi connectivity index (χ1v) is 8.43. The smallest absolute Gasteiger partial charge is 0.336 e. The van der Waals surface area contributed by atoms with E-state index in [-0.39, 0.29) is 11.7 Å². The van der Waals surface area contributed by atoms with Gasteiger partial charge in [-0.1, -0.05) is 30.3 Å². The summed E-state index contributed by atoms with van der Waals surface area (Å²) in [6.07, 6.45) is 0.682. The molecule has 0 N–H and O–H groups in total. The second-order valence-corrected chi connectivity index (χ2v) is 6.94. The minimum atomic E-state index is -0.443. The quantitative estimate of drug-likeness (QED) is 0.673. The van der Waals surface area contributed by atoms with Gasteiger partial charge in [0.15, 0.2) is 0 Å². The minimum absolute atomic E-state index is 0.0882. The number of rotatable bonds is 4. The molecule has 1 aliphatic heterocycles. The minimum Gasteiger partial charge on any atom is -0.487 e. The number of ether oxygens (including phenoxy) is 2. The van der Waals surface area contributed by atoms with Gasteiger partial charge in [-0.05, 0) is 37.1 Å². The average molecular weight is 336 g/mol. The molecule has 1 aromatic heterocycles. The highest BCUT2D eigenvalue weighted by atomic mass is 16.6. The number of hydrogen-bond donors (Lipinski definition) is 0. The maximum absolute atomic E-state index is 11.4. The van der Waals surface area contributed by atoms with Gasteiger partial charge in [-0.15, -0.1) is 0 Å². The van der Waals surface area contributed by atoms with Crippen molar-refractivity contribution < 1.29 is 13.9 Å². The van der Waals surface area contributed by atoms with Gasteiger partial charge >= 0.3 is 5.63 Å². The lowest BCUT2D eigenvalue weighted by atomic mass is 9.96. The van der Waals surface area contributed by atoms with Gasteiger partial charge in [-0.25, -0.2) is 4.79 Å². The van der Waals surface area contributed by atoms with Crippen molar-refractivity contribution in [2.45, 2.75) is 38.6 Å². The molecule has 3 aromatic rings. The molecular formula is C21H20O4. The molecule has 0 saturated carbocycles. The molecule has 2 aromatic carbocycles. The first kappa shape index (κ1) is 15.9. The molecule has 1 aliphatic rings. The van der Waals surface area contributed by atoms with Gasteiger partial charge < -0.3 is 13.9 Å². The van der Waals surface area contributed by atoms with E-state index in [1.165, 1.54) is 6.07 Å². The molecule has 0 spiro atoms. The van der Waals surface area contributed by atoms with Crippen molar-refractivity contribution in [2.24, 2.45) is 0 Å². The van der Waals surface area contributed by atoms with Crippen molar-refractivity contribution in [3.8, 4) is 5.75 Å². The van der Waals surface area contributed by atoms with E-state index in [4.69, 9.17) is 13.9 Å². The van der Waals surface area contributed by atoms with Gasteiger partial charge in [-0.3, -0.25) is 0 Å². The van der Waals surface area contributed by atoms with Crippen LogP contribution < -0.4 is 10.4 Å². The zero-order chi connectivity index (χ0) is 17.4. The first-order chi connectivity index (χ1) is 12.0. The van der Waals surface area contributed by atoms with Crippen molar-refractivity contribution >= 4 is 11.0 Å². The van der Waals surface area contributed by atoms with Gasteiger partial charge in [0.2, 0.25) is 0 Å². The van der Waals surface area contributed by atoms with Crippen LogP contribution >= 0.6 is 0 Å². The Bertz CT molecular complexity index is 957. The molecule has 0 amide bonds. The third kappa shape index (κ3) is 3.17. The van der Waals surface area contributed by atoms with Crippen LogP contribution in [-0.4, -0.2) is 11.7 Å². The SMILES string of the molecule is CC(C)(OCc1ccccc1)C1Cc2cc3ccc(=O)oc3cc2O1. The van der Waals surface area contributed by atoms with Crippen LogP contribution in [0.5, 0.6) is 5.75 Å². The molecule has 1 unspecified atom stereocenters. The van der Waals surface area contributed by atoms with E-state index in [0.717, 1.165) is 28.7 Å². The van der Waals surface area contributed by atoms with Gasteiger partial charge in [-0.2, -0.15) is 0 Å². The third-order valence-corrected chi connectivity index (χ3v) is 4.71. The topological polar surface area (TPSA) is 48.7 Å². The van der Waals surface area contributed by atoms with Crippen molar-refractivity contribution in [1.29, 1.82) is 0 Å². The molecule has 0 saturated heterocycles. The number of benzene rings is 2. The normalized spacial score (nSPS) is 16.6. The number of hydrogen-bond acceptors (Lipinski definition) is 4. The van der Waals surface area contributed by atoms with Gasteiger partial charge in [0.1, 0.15) is 23.0 Å². The predicted molar refractivity (Wildman–Crippen MR) is 95.9 cm³/mol. The zero-order valence-corrected chi connectivity index (χ0v) is 14.3. The molecule has 0 aliphatic carbocycles. The second-order valence-electron chi connectivity index (χ2n) is 6.94. The fourth-order valence-corrected chi connectivity index (χ4v) is 3.13. The third-order valence-electron chi connectivity index (χ3n) is 4.71. The highest BCUT2D eigenvalue weighted by Crippen LogP contribution is 2.37. The van der Waals surface area contributed by atoms with E-state index in [2.05, 4.69) is 12.1 Å². The standard InChI is InChI=1S/C21H20O4/c1-21(2,23-13-14-6-4-3-5-7-14)19-11-16-10-15-8-9-20(22)25-17(15)12-18(16)24-19/h3-10,12,19H,11,13H2,1-2H3. The molecule has 2 heterocycles. The van der Waals surface area contributed by atoms with E-state index in [9.17, 15) is 4.79 Å². The molecule has 1 atom stereocenters. The summed E-state index contributed by atoms with van der Waals surface area (Å²) in [7, 11) is 0. The summed E-state index contributed by atoms with van der Waals surface area (Å²) in [5.41, 5.74) is 2.01. The van der Waals surface area contributed by atoms with E-state index in [1.54, 1.807) is 12.1 Å². The summed E-state index contributed by atoms with van der Waals surface area (Å²) in [5.74, 6) is 0.767. The highest BCUT2D eigenvalue weighted by Gasteiger charge is 2.37. The predicted octanol–water partition coefficient (Wildman–Crippen LogP) is 4.09. The van der Waals surface area contributed by atoms with Crippen LogP contribution in [0.1, 0.15) is 25.0 Å². The van der Waals surface area contributed by atoms with Gasteiger partial charge in [0.05, 0.1) is 6.61 Å². The molecule has 128 valence electrons. The van der Waals surface area contributed by atoms with Crippen LogP contribution in [-0.2, 0) is 17.8 Å². The molecule has 0 radical (unpaired) electrons. The Labute approximate surface area is 146 Å².